The average Bonchev–Trinajstić information content (AvgIpc) is 3.57. The van der Waals surface area contributed by atoms with Crippen molar-refractivity contribution in [3.8, 4) is 33.8 Å². The molecular weight excluding hydrogens is 827 g/mol. The van der Waals surface area contributed by atoms with E-state index in [1.165, 1.54) is 17.6 Å². The van der Waals surface area contributed by atoms with Crippen LogP contribution in [0.15, 0.2) is 126 Å². The van der Waals surface area contributed by atoms with Crippen molar-refractivity contribution in [2.45, 2.75) is 61.1 Å². The molecule has 53 heavy (non-hydrogen) atoms. The molecule has 269 valence electrons. The van der Waals surface area contributed by atoms with Gasteiger partial charge in [0.1, 0.15) is 5.58 Å². The Morgan fingerprint density at radius 1 is 0.679 bits per heavy atom. The van der Waals surface area contributed by atoms with Crippen LogP contribution in [-0.2, 0) is 32.9 Å². The number of hydrogen-bond donors (Lipinski definition) is 0. The van der Waals surface area contributed by atoms with E-state index in [0.717, 1.165) is 49.8 Å². The Labute approximate surface area is 336 Å². The van der Waals surface area contributed by atoms with Gasteiger partial charge in [0.15, 0.2) is 0 Å². The van der Waals surface area contributed by atoms with E-state index >= 15 is 0 Å². The second-order valence-corrected chi connectivity index (χ2v) is 14.9. The number of aryl methyl sites for hydroxylation is 1. The molecule has 0 spiro atoms. The van der Waals surface area contributed by atoms with Gasteiger partial charge in [0.05, 0.1) is 11.3 Å². The van der Waals surface area contributed by atoms with E-state index < -0.39 is 30.4 Å². The first-order valence-electron chi connectivity index (χ1n) is 20.8. The Kier molecular flexibility index (Phi) is 8.66. The van der Waals surface area contributed by atoms with Crippen molar-refractivity contribution in [3.63, 3.8) is 0 Å². The van der Waals surface area contributed by atoms with Gasteiger partial charge in [-0.1, -0.05) is 108 Å². The Morgan fingerprint density at radius 3 is 1.96 bits per heavy atom. The number of furan rings is 1. The van der Waals surface area contributed by atoms with Crippen LogP contribution in [0.4, 0.5) is 0 Å². The summed E-state index contributed by atoms with van der Waals surface area (Å²) in [5.74, 6) is 0. The monoisotopic (exact) mass is 879 g/mol. The maximum absolute atomic E-state index is 8.51. The molecule has 4 aromatic heterocycles. The van der Waals surface area contributed by atoms with Gasteiger partial charge in [-0.25, -0.2) is 0 Å². The fourth-order valence-corrected chi connectivity index (χ4v) is 6.06. The minimum Gasteiger partial charge on any atom is -0.501 e. The van der Waals surface area contributed by atoms with E-state index in [4.69, 9.17) is 14.0 Å². The smallest absolute Gasteiger partial charge is 0.121 e. The second-order valence-electron chi connectivity index (χ2n) is 14.9. The van der Waals surface area contributed by atoms with Crippen LogP contribution < -0.4 is 0 Å². The van der Waals surface area contributed by atoms with Crippen LogP contribution in [0.5, 0.6) is 0 Å². The summed E-state index contributed by atoms with van der Waals surface area (Å²) in [6.07, 6.45) is 1.95. The predicted molar refractivity (Wildman–Crippen MR) is 216 cm³/mol. The fraction of sp³-hybridized carbons (Fsp3) is 0.229. The van der Waals surface area contributed by atoms with Crippen molar-refractivity contribution in [1.82, 2.24) is 15.0 Å². The number of rotatable bonds is 5. The zero-order valence-corrected chi connectivity index (χ0v) is 33.0. The Balaban J connectivity index is 0.000000219. The van der Waals surface area contributed by atoms with Gasteiger partial charge in [0.25, 0.3) is 0 Å². The Morgan fingerprint density at radius 2 is 1.36 bits per heavy atom. The summed E-state index contributed by atoms with van der Waals surface area (Å²) in [6.45, 7) is 9.09. The molecule has 0 N–H and O–H groups in total. The van der Waals surface area contributed by atoms with Crippen molar-refractivity contribution in [2.24, 2.45) is 10.8 Å². The zero-order chi connectivity index (χ0) is 42.5. The summed E-state index contributed by atoms with van der Waals surface area (Å²) in [7, 11) is 0. The summed E-state index contributed by atoms with van der Waals surface area (Å²) in [6, 6.07) is 38.4. The van der Waals surface area contributed by atoms with E-state index in [2.05, 4.69) is 51.4 Å². The first kappa shape index (κ1) is 29.5. The maximum Gasteiger partial charge on any atom is 0.121 e. The normalized spacial score (nSPS) is 14.4. The summed E-state index contributed by atoms with van der Waals surface area (Å²) in [4.78, 5) is 13.5. The molecule has 8 aromatic rings. The molecule has 0 atom stereocenters. The number of nitrogens with zero attached hydrogens (tertiary/aromatic N) is 3. The van der Waals surface area contributed by atoms with E-state index in [-0.39, 0.29) is 25.7 Å². The molecular formula is C48H45IrN3O-2. The molecule has 8 rings (SSSR count). The molecule has 0 saturated carbocycles. The van der Waals surface area contributed by atoms with Crippen molar-refractivity contribution >= 4 is 32.7 Å². The third-order valence-corrected chi connectivity index (χ3v) is 8.27. The van der Waals surface area contributed by atoms with Crippen LogP contribution in [0.1, 0.15) is 67.8 Å². The fourth-order valence-electron chi connectivity index (χ4n) is 6.06. The van der Waals surface area contributed by atoms with Crippen molar-refractivity contribution in [3.05, 3.63) is 151 Å². The van der Waals surface area contributed by atoms with Crippen LogP contribution >= 0.6 is 0 Å². The molecule has 0 aliphatic heterocycles. The molecule has 0 fully saturated rings. The molecule has 1 radical (unpaired) electrons. The summed E-state index contributed by atoms with van der Waals surface area (Å²) in [5, 5.41) is 4.41. The zero-order valence-electron chi connectivity index (χ0n) is 37.6. The van der Waals surface area contributed by atoms with Gasteiger partial charge in [-0.2, -0.15) is 0 Å². The van der Waals surface area contributed by atoms with Crippen LogP contribution in [-0.4, -0.2) is 15.0 Å². The number of pyridine rings is 3. The van der Waals surface area contributed by atoms with E-state index in [1.807, 2.05) is 90.1 Å². The Bertz CT molecular complexity index is 2770. The number of aromatic nitrogens is 3. The Hall–Kier alpha value is -4.96. The number of hydrogen-bond acceptors (Lipinski definition) is 4. The van der Waals surface area contributed by atoms with Crippen LogP contribution in [0.3, 0.4) is 0 Å². The molecule has 0 aliphatic carbocycles. The van der Waals surface area contributed by atoms with Crippen molar-refractivity contribution < 1.29 is 34.1 Å². The first-order valence-corrected chi connectivity index (χ1v) is 17.3. The number of benzene rings is 4. The molecule has 4 heterocycles. The molecule has 0 saturated heterocycles. The average molecular weight is 879 g/mol. The quantitative estimate of drug-likeness (QED) is 0.162. The van der Waals surface area contributed by atoms with Gasteiger partial charge in [-0.15, -0.1) is 53.6 Å². The maximum atomic E-state index is 8.51. The first-order chi connectivity index (χ1) is 27.6. The van der Waals surface area contributed by atoms with E-state index in [0.29, 0.717) is 22.4 Å². The minimum atomic E-state index is -2.14. The molecule has 0 aliphatic rings. The van der Waals surface area contributed by atoms with Gasteiger partial charge in [0.2, 0.25) is 0 Å². The summed E-state index contributed by atoms with van der Waals surface area (Å²) < 4.78 is 61.9. The van der Waals surface area contributed by atoms with Gasteiger partial charge < -0.3 is 14.4 Å². The van der Waals surface area contributed by atoms with Gasteiger partial charge >= 0.3 is 0 Å². The SMILES string of the molecule is [2H]C([2H])([2H])c1c[c-]c(-c2ccc(C([2H])([2H])C(C)(C)C)cn2)cc1.[2H]C([2H])(c1ccc(-c2ccnc(-c3[c-]ccc4c3oc3cc5ccccc5cc34)c2)nc1)C(C)(C)C.[Ir]. The summed E-state index contributed by atoms with van der Waals surface area (Å²) in [5.41, 5.74) is 6.38. The van der Waals surface area contributed by atoms with Crippen molar-refractivity contribution in [2.75, 3.05) is 0 Å². The number of fused-ring (bicyclic) bond motifs is 4. The third kappa shape index (κ3) is 9.16. The molecule has 0 bridgehead atoms. The van der Waals surface area contributed by atoms with Crippen LogP contribution in [0, 0.1) is 29.8 Å². The molecule has 4 aromatic carbocycles. The van der Waals surface area contributed by atoms with Crippen molar-refractivity contribution in [1.29, 1.82) is 0 Å². The van der Waals surface area contributed by atoms with Gasteiger partial charge in [-0.3, -0.25) is 4.98 Å². The third-order valence-electron chi connectivity index (χ3n) is 8.27. The second kappa shape index (κ2) is 15.6. The van der Waals surface area contributed by atoms with E-state index in [1.54, 1.807) is 36.7 Å². The topological polar surface area (TPSA) is 51.8 Å². The van der Waals surface area contributed by atoms with E-state index in [9.17, 15) is 0 Å². The molecule has 0 amide bonds. The van der Waals surface area contributed by atoms with Crippen LogP contribution in [0.25, 0.3) is 66.5 Å². The van der Waals surface area contributed by atoms with Gasteiger partial charge in [-0.05, 0) is 86.7 Å². The standard InChI is InChI=1S/C31H25N2O.C17H20N.Ir/c1-31(2,3)18-20-11-12-27(33-19-20)23-13-14-32-28(16-23)25-10-6-9-24-26-15-21-7-4-5-8-22(21)17-29(26)34-30(24)25;1-13-5-8-15(9-6-13)16-10-7-14(12-18-16)11-17(2,3)4;/h4-9,11-17,19H,18H2,1-3H3;5-8,10,12H,11H2,1-4H3;/q2*-1;/i18D2;1D3,11D2;. The largest absolute Gasteiger partial charge is 0.501 e. The van der Waals surface area contributed by atoms with Gasteiger partial charge in [0, 0.05) is 53.7 Å². The predicted octanol–water partition coefficient (Wildman–Crippen LogP) is 12.7. The minimum absolute atomic E-state index is 0. The summed E-state index contributed by atoms with van der Waals surface area (Å²) >= 11 is 0. The molecule has 4 nitrogen and oxygen atoms in total. The molecule has 5 heteroatoms. The van der Waals surface area contributed by atoms with Crippen LogP contribution in [0.2, 0.25) is 0 Å². The molecule has 0 unspecified atom stereocenters.